The summed E-state index contributed by atoms with van der Waals surface area (Å²) in [6, 6.07) is -0.0872. The number of nitrogens with zero attached hydrogens (tertiary/aromatic N) is 4. The Labute approximate surface area is 156 Å². The van der Waals surface area contributed by atoms with Crippen molar-refractivity contribution >= 4 is 17.7 Å². The number of fused-ring (bicyclic) bond motifs is 2. The molecule has 26 heavy (non-hydrogen) atoms. The Morgan fingerprint density at radius 3 is 3.08 bits per heavy atom. The zero-order chi connectivity index (χ0) is 17.9. The van der Waals surface area contributed by atoms with Gasteiger partial charge in [0.05, 0.1) is 18.1 Å². The molecule has 2 aliphatic rings. The van der Waals surface area contributed by atoms with E-state index in [4.69, 9.17) is 4.98 Å². The second kappa shape index (κ2) is 7.65. The smallest absolute Gasteiger partial charge is 0.257 e. The number of thioether (sulfide) groups is 1. The van der Waals surface area contributed by atoms with Crippen LogP contribution in [-0.2, 0) is 24.2 Å². The number of nitrogens with one attached hydrogen (secondary N) is 1. The van der Waals surface area contributed by atoms with Gasteiger partial charge in [-0.15, -0.1) is 0 Å². The number of hydrogen-bond donors (Lipinski definition) is 1. The van der Waals surface area contributed by atoms with E-state index < -0.39 is 0 Å². The van der Waals surface area contributed by atoms with Crippen molar-refractivity contribution in [1.82, 2.24) is 24.4 Å². The van der Waals surface area contributed by atoms with Gasteiger partial charge >= 0.3 is 0 Å². The van der Waals surface area contributed by atoms with Crippen molar-refractivity contribution in [3.63, 3.8) is 0 Å². The highest BCUT2D eigenvalue weighted by Gasteiger charge is 2.30. The van der Waals surface area contributed by atoms with E-state index in [0.717, 1.165) is 60.8 Å². The zero-order valence-corrected chi connectivity index (χ0v) is 15.5. The second-order valence-corrected chi connectivity index (χ2v) is 7.86. The lowest BCUT2D eigenvalue weighted by Gasteiger charge is -2.18. The normalized spacial score (nSPS) is 18.4. The summed E-state index contributed by atoms with van der Waals surface area (Å²) in [4.78, 5) is 33.9. The Bertz CT molecular complexity index is 846. The lowest BCUT2D eigenvalue weighted by Crippen LogP contribution is -2.34. The third-order valence-electron chi connectivity index (χ3n) is 5.02. The van der Waals surface area contributed by atoms with E-state index in [1.807, 2.05) is 10.8 Å². The second-order valence-electron chi connectivity index (χ2n) is 6.87. The summed E-state index contributed by atoms with van der Waals surface area (Å²) in [7, 11) is 0. The van der Waals surface area contributed by atoms with E-state index in [9.17, 15) is 9.59 Å². The number of aromatic nitrogens is 4. The van der Waals surface area contributed by atoms with Crippen molar-refractivity contribution in [3.05, 3.63) is 40.3 Å². The van der Waals surface area contributed by atoms with E-state index in [1.165, 1.54) is 0 Å². The third kappa shape index (κ3) is 3.56. The van der Waals surface area contributed by atoms with Crippen LogP contribution in [0.2, 0.25) is 0 Å². The highest BCUT2D eigenvalue weighted by Crippen LogP contribution is 2.33. The molecule has 1 aliphatic heterocycles. The fourth-order valence-electron chi connectivity index (χ4n) is 3.66. The van der Waals surface area contributed by atoms with E-state index in [-0.39, 0.29) is 17.5 Å². The maximum Gasteiger partial charge on any atom is 0.257 e. The van der Waals surface area contributed by atoms with Gasteiger partial charge in [0, 0.05) is 43.2 Å². The Kier molecular flexibility index (Phi) is 5.10. The van der Waals surface area contributed by atoms with Crippen molar-refractivity contribution in [2.24, 2.45) is 0 Å². The number of carbonyl (C=O) groups is 1. The zero-order valence-electron chi connectivity index (χ0n) is 14.7. The first kappa shape index (κ1) is 17.3. The number of aryl methyl sites for hydroxylation is 2. The van der Waals surface area contributed by atoms with Crippen molar-refractivity contribution in [2.75, 3.05) is 12.3 Å². The van der Waals surface area contributed by atoms with Crippen LogP contribution in [0.25, 0.3) is 0 Å². The molecule has 1 N–H and O–H groups in total. The third-order valence-corrected chi connectivity index (χ3v) is 6.12. The quantitative estimate of drug-likeness (QED) is 0.614. The SMILES string of the molecule is O=C(CC1CSc2nc3c(c(=O)n21)CCCC3)NCCCn1ccnc1. The Hall–Kier alpha value is -2.09. The van der Waals surface area contributed by atoms with Gasteiger partial charge in [-0.05, 0) is 32.1 Å². The molecule has 7 nitrogen and oxygen atoms in total. The number of hydrogen-bond acceptors (Lipinski definition) is 5. The average Bonchev–Trinajstić information content (AvgIpc) is 3.29. The van der Waals surface area contributed by atoms with Gasteiger partial charge in [0.25, 0.3) is 5.56 Å². The average molecular weight is 373 g/mol. The predicted molar refractivity (Wildman–Crippen MR) is 99.4 cm³/mol. The standard InChI is InChI=1S/C18H23N5O2S/c24-16(20-6-3-8-22-9-7-19-12-22)10-13-11-26-18-21-15-5-2-1-4-14(15)17(25)23(13)18/h7,9,12-13H,1-6,8,10-11H2,(H,20,24). The summed E-state index contributed by atoms with van der Waals surface area (Å²) in [5, 5.41) is 3.75. The summed E-state index contributed by atoms with van der Waals surface area (Å²) < 4.78 is 3.75. The predicted octanol–water partition coefficient (Wildman–Crippen LogP) is 1.56. The molecular formula is C18H23N5O2S. The summed E-state index contributed by atoms with van der Waals surface area (Å²) in [6.07, 6.45) is 10.5. The molecule has 1 amide bonds. The van der Waals surface area contributed by atoms with E-state index in [1.54, 1.807) is 28.9 Å². The van der Waals surface area contributed by atoms with E-state index in [2.05, 4.69) is 10.3 Å². The molecule has 0 bridgehead atoms. The number of carbonyl (C=O) groups excluding carboxylic acids is 1. The highest BCUT2D eigenvalue weighted by atomic mass is 32.2. The van der Waals surface area contributed by atoms with Crippen LogP contribution in [0.1, 0.15) is 43.0 Å². The summed E-state index contributed by atoms with van der Waals surface area (Å²) in [6.45, 7) is 1.46. The van der Waals surface area contributed by atoms with Crippen LogP contribution in [0, 0.1) is 0 Å². The lowest BCUT2D eigenvalue weighted by molar-refractivity contribution is -0.121. The topological polar surface area (TPSA) is 81.8 Å². The van der Waals surface area contributed by atoms with Crippen molar-refractivity contribution in [2.45, 2.75) is 56.3 Å². The van der Waals surface area contributed by atoms with Crippen molar-refractivity contribution in [3.8, 4) is 0 Å². The number of imidazole rings is 1. The van der Waals surface area contributed by atoms with E-state index >= 15 is 0 Å². The molecule has 0 aromatic carbocycles. The molecule has 2 aromatic rings. The molecule has 1 atom stereocenters. The molecule has 0 spiro atoms. The number of amides is 1. The Balaban J connectivity index is 1.35. The Morgan fingerprint density at radius 1 is 1.35 bits per heavy atom. The highest BCUT2D eigenvalue weighted by molar-refractivity contribution is 7.99. The van der Waals surface area contributed by atoms with Crippen LogP contribution in [0.4, 0.5) is 0 Å². The van der Waals surface area contributed by atoms with Gasteiger partial charge in [-0.1, -0.05) is 11.8 Å². The van der Waals surface area contributed by atoms with Crippen LogP contribution >= 0.6 is 11.8 Å². The molecule has 0 fully saturated rings. The maximum absolute atomic E-state index is 12.9. The molecule has 8 heteroatoms. The molecule has 0 radical (unpaired) electrons. The van der Waals surface area contributed by atoms with Crippen LogP contribution in [0.5, 0.6) is 0 Å². The molecular weight excluding hydrogens is 350 g/mol. The van der Waals surface area contributed by atoms with Crippen LogP contribution < -0.4 is 10.9 Å². The van der Waals surface area contributed by atoms with Gasteiger partial charge in [0.1, 0.15) is 0 Å². The minimum Gasteiger partial charge on any atom is -0.356 e. The molecule has 138 valence electrons. The van der Waals surface area contributed by atoms with Gasteiger partial charge in [-0.25, -0.2) is 9.97 Å². The van der Waals surface area contributed by atoms with Crippen LogP contribution in [0.15, 0.2) is 28.7 Å². The fourth-order valence-corrected chi connectivity index (χ4v) is 4.81. The summed E-state index contributed by atoms with van der Waals surface area (Å²) in [5.41, 5.74) is 1.92. The first-order chi connectivity index (χ1) is 12.7. The fraction of sp³-hybridized carbons (Fsp3) is 0.556. The molecule has 0 saturated heterocycles. The van der Waals surface area contributed by atoms with Crippen molar-refractivity contribution in [1.29, 1.82) is 0 Å². The van der Waals surface area contributed by atoms with Crippen LogP contribution in [0.3, 0.4) is 0 Å². The van der Waals surface area contributed by atoms with E-state index in [0.29, 0.717) is 13.0 Å². The largest absolute Gasteiger partial charge is 0.356 e. The van der Waals surface area contributed by atoms with Crippen molar-refractivity contribution < 1.29 is 4.79 Å². The van der Waals surface area contributed by atoms with Crippen LogP contribution in [-0.4, -0.2) is 37.3 Å². The van der Waals surface area contributed by atoms with Gasteiger partial charge in [-0.3, -0.25) is 14.2 Å². The molecule has 1 aliphatic carbocycles. The molecule has 4 rings (SSSR count). The monoisotopic (exact) mass is 373 g/mol. The maximum atomic E-state index is 12.9. The van der Waals surface area contributed by atoms with Gasteiger partial charge in [0.15, 0.2) is 5.16 Å². The minimum absolute atomic E-state index is 0.00120. The first-order valence-corrected chi connectivity index (χ1v) is 10.2. The number of rotatable bonds is 6. The van der Waals surface area contributed by atoms with Gasteiger partial charge < -0.3 is 9.88 Å². The minimum atomic E-state index is -0.0872. The molecule has 1 unspecified atom stereocenters. The first-order valence-electron chi connectivity index (χ1n) is 9.22. The molecule has 3 heterocycles. The lowest BCUT2D eigenvalue weighted by atomic mass is 9.97. The summed E-state index contributed by atoms with van der Waals surface area (Å²) >= 11 is 1.59. The van der Waals surface area contributed by atoms with Gasteiger partial charge in [0.2, 0.25) is 5.91 Å². The molecule has 0 saturated carbocycles. The summed E-state index contributed by atoms with van der Waals surface area (Å²) in [5.74, 6) is 0.742. The Morgan fingerprint density at radius 2 is 2.23 bits per heavy atom. The van der Waals surface area contributed by atoms with Gasteiger partial charge in [-0.2, -0.15) is 0 Å². The molecule has 2 aromatic heterocycles.